The summed E-state index contributed by atoms with van der Waals surface area (Å²) >= 11 is 0. The van der Waals surface area contributed by atoms with Gasteiger partial charge in [-0.05, 0) is 36.4 Å². The molecule has 4 nitrogen and oxygen atoms in total. The topological polar surface area (TPSA) is 51.6 Å². The van der Waals surface area contributed by atoms with Crippen LogP contribution in [0.2, 0.25) is 0 Å². The van der Waals surface area contributed by atoms with Crippen LogP contribution in [0.5, 0.6) is 0 Å². The summed E-state index contributed by atoms with van der Waals surface area (Å²) in [6, 6.07) is 45.0. The van der Waals surface area contributed by atoms with Crippen molar-refractivity contribution >= 4 is 21.8 Å². The average Bonchev–Trinajstić information content (AvgIpc) is 3.01. The largest absolute Gasteiger partial charge is 0.246 e. The molecule has 38 heavy (non-hydrogen) atoms. The summed E-state index contributed by atoms with van der Waals surface area (Å²) in [5.41, 5.74) is 9.02. The molecule has 7 rings (SSSR count). The van der Waals surface area contributed by atoms with Gasteiger partial charge < -0.3 is 0 Å². The summed E-state index contributed by atoms with van der Waals surface area (Å²) in [6.45, 7) is 0. The second kappa shape index (κ2) is 9.34. The maximum Gasteiger partial charge on any atom is 0.0973 e. The first kappa shape index (κ1) is 22.0. The normalized spacial score (nSPS) is 11.2. The van der Waals surface area contributed by atoms with Crippen LogP contribution in [-0.4, -0.2) is 19.9 Å². The lowest BCUT2D eigenvalue weighted by molar-refractivity contribution is 1.26. The number of hydrogen-bond donors (Lipinski definition) is 0. The van der Waals surface area contributed by atoms with Gasteiger partial charge in [0.2, 0.25) is 0 Å². The third kappa shape index (κ3) is 4.08. The standard InChI is InChI=1S/C34H22N4/c1-3-9-23(10-4-1)27-13-7-15-29(35-27)31-21-19-25-17-18-26-20-22-32(38-34(26)33(25)37-31)30-16-8-14-28(36-30)24-11-5-2-6-12-24/h1-22H. The third-order valence-corrected chi connectivity index (χ3v) is 6.68. The lowest BCUT2D eigenvalue weighted by Crippen LogP contribution is -1.94. The molecular formula is C34H22N4. The number of rotatable bonds is 4. The van der Waals surface area contributed by atoms with Gasteiger partial charge >= 0.3 is 0 Å². The summed E-state index contributed by atoms with van der Waals surface area (Å²) in [7, 11) is 0. The maximum atomic E-state index is 5.06. The first-order chi connectivity index (χ1) is 18.8. The zero-order valence-corrected chi connectivity index (χ0v) is 20.5. The van der Waals surface area contributed by atoms with Crippen LogP contribution < -0.4 is 0 Å². The Balaban J connectivity index is 1.34. The Morgan fingerprint density at radius 3 is 1.08 bits per heavy atom. The van der Waals surface area contributed by atoms with Crippen LogP contribution in [-0.2, 0) is 0 Å². The van der Waals surface area contributed by atoms with E-state index in [-0.39, 0.29) is 0 Å². The van der Waals surface area contributed by atoms with Crippen LogP contribution in [0, 0.1) is 0 Å². The minimum atomic E-state index is 0.819. The predicted octanol–water partition coefficient (Wildman–Crippen LogP) is 8.24. The van der Waals surface area contributed by atoms with Crippen LogP contribution in [0.1, 0.15) is 0 Å². The molecule has 4 heterocycles. The Kier molecular flexibility index (Phi) is 5.41. The van der Waals surface area contributed by atoms with E-state index in [0.717, 1.165) is 67.1 Å². The molecule has 0 amide bonds. The fourth-order valence-corrected chi connectivity index (χ4v) is 4.75. The average molecular weight is 487 g/mol. The molecule has 178 valence electrons. The number of benzene rings is 3. The van der Waals surface area contributed by atoms with Gasteiger partial charge in [0.25, 0.3) is 0 Å². The van der Waals surface area contributed by atoms with Gasteiger partial charge in [-0.25, -0.2) is 19.9 Å². The Morgan fingerprint density at radius 1 is 0.263 bits per heavy atom. The van der Waals surface area contributed by atoms with Gasteiger partial charge in [0.15, 0.2) is 0 Å². The molecule has 4 heteroatoms. The third-order valence-electron chi connectivity index (χ3n) is 6.68. The summed E-state index contributed by atoms with van der Waals surface area (Å²) in [6.07, 6.45) is 0. The van der Waals surface area contributed by atoms with E-state index in [1.807, 2.05) is 84.9 Å². The van der Waals surface area contributed by atoms with E-state index in [4.69, 9.17) is 19.9 Å². The van der Waals surface area contributed by atoms with Crippen molar-refractivity contribution < 1.29 is 0 Å². The fraction of sp³-hybridized carbons (Fsp3) is 0. The molecule has 0 N–H and O–H groups in total. The highest BCUT2D eigenvalue weighted by molar-refractivity contribution is 6.04. The van der Waals surface area contributed by atoms with Gasteiger partial charge in [-0.2, -0.15) is 0 Å². The van der Waals surface area contributed by atoms with Crippen molar-refractivity contribution in [3.8, 4) is 45.3 Å². The van der Waals surface area contributed by atoms with Gasteiger partial charge in [-0.15, -0.1) is 0 Å². The van der Waals surface area contributed by atoms with Gasteiger partial charge in [-0.1, -0.05) is 97.1 Å². The smallest absolute Gasteiger partial charge is 0.0973 e. The molecule has 0 aliphatic carbocycles. The fourth-order valence-electron chi connectivity index (χ4n) is 4.75. The van der Waals surface area contributed by atoms with Crippen molar-refractivity contribution in [2.75, 3.05) is 0 Å². The van der Waals surface area contributed by atoms with Gasteiger partial charge in [0.1, 0.15) is 0 Å². The SMILES string of the molecule is c1ccc(-c2cccc(-c3ccc4ccc5ccc(-c6cccc(-c7ccccc7)n6)nc5c4n3)n2)cc1. The number of aromatic nitrogens is 4. The maximum absolute atomic E-state index is 5.06. The van der Waals surface area contributed by atoms with E-state index in [9.17, 15) is 0 Å². The zero-order valence-electron chi connectivity index (χ0n) is 20.5. The highest BCUT2D eigenvalue weighted by atomic mass is 14.8. The molecule has 0 aliphatic rings. The number of pyridine rings is 4. The Hall–Kier alpha value is -5.22. The van der Waals surface area contributed by atoms with Crippen LogP contribution in [0.3, 0.4) is 0 Å². The molecule has 0 unspecified atom stereocenters. The van der Waals surface area contributed by atoms with Crippen molar-refractivity contribution in [1.29, 1.82) is 0 Å². The molecule has 0 radical (unpaired) electrons. The van der Waals surface area contributed by atoms with E-state index >= 15 is 0 Å². The summed E-state index contributed by atoms with van der Waals surface area (Å²) < 4.78 is 0. The summed E-state index contributed by atoms with van der Waals surface area (Å²) in [4.78, 5) is 19.9. The highest BCUT2D eigenvalue weighted by Gasteiger charge is 2.11. The molecule has 0 spiro atoms. The minimum absolute atomic E-state index is 0.819. The van der Waals surface area contributed by atoms with Gasteiger partial charge in [-0.3, -0.25) is 0 Å². The number of fused-ring (bicyclic) bond motifs is 3. The Morgan fingerprint density at radius 2 is 0.632 bits per heavy atom. The quantitative estimate of drug-likeness (QED) is 0.235. The van der Waals surface area contributed by atoms with Crippen LogP contribution in [0.25, 0.3) is 67.1 Å². The summed E-state index contributed by atoms with van der Waals surface area (Å²) in [5.74, 6) is 0. The molecule has 0 saturated heterocycles. The molecule has 0 fully saturated rings. The van der Waals surface area contributed by atoms with Gasteiger partial charge in [0, 0.05) is 21.9 Å². The monoisotopic (exact) mass is 486 g/mol. The molecule has 0 aliphatic heterocycles. The van der Waals surface area contributed by atoms with Crippen molar-refractivity contribution in [3.63, 3.8) is 0 Å². The number of nitrogens with zero attached hydrogens (tertiary/aromatic N) is 4. The van der Waals surface area contributed by atoms with Crippen LogP contribution >= 0.6 is 0 Å². The molecule has 0 atom stereocenters. The molecule has 0 saturated carbocycles. The van der Waals surface area contributed by atoms with Crippen molar-refractivity contribution in [2.24, 2.45) is 0 Å². The molecule has 7 aromatic rings. The zero-order chi connectivity index (χ0) is 25.3. The van der Waals surface area contributed by atoms with Crippen LogP contribution in [0.4, 0.5) is 0 Å². The lowest BCUT2D eigenvalue weighted by atomic mass is 10.1. The number of hydrogen-bond acceptors (Lipinski definition) is 4. The lowest BCUT2D eigenvalue weighted by Gasteiger charge is -2.09. The minimum Gasteiger partial charge on any atom is -0.246 e. The van der Waals surface area contributed by atoms with E-state index < -0.39 is 0 Å². The van der Waals surface area contributed by atoms with Crippen molar-refractivity contribution in [3.05, 3.63) is 133 Å². The second-order valence-corrected chi connectivity index (χ2v) is 9.15. The van der Waals surface area contributed by atoms with Crippen LogP contribution in [0.15, 0.2) is 133 Å². The highest BCUT2D eigenvalue weighted by Crippen LogP contribution is 2.29. The molecule has 0 bridgehead atoms. The van der Waals surface area contributed by atoms with E-state index in [0.29, 0.717) is 0 Å². The Labute approximate surface area is 220 Å². The predicted molar refractivity (Wildman–Crippen MR) is 154 cm³/mol. The van der Waals surface area contributed by atoms with Gasteiger partial charge in [0.05, 0.1) is 45.2 Å². The molecule has 3 aromatic carbocycles. The molecular weight excluding hydrogens is 464 g/mol. The molecule has 4 aromatic heterocycles. The summed E-state index contributed by atoms with van der Waals surface area (Å²) in [5, 5.41) is 2.08. The van der Waals surface area contributed by atoms with Crippen molar-refractivity contribution in [2.45, 2.75) is 0 Å². The van der Waals surface area contributed by atoms with E-state index in [1.54, 1.807) is 0 Å². The van der Waals surface area contributed by atoms with E-state index in [2.05, 4.69) is 48.5 Å². The Bertz CT molecular complexity index is 1770. The first-order valence-corrected chi connectivity index (χ1v) is 12.6. The second-order valence-electron chi connectivity index (χ2n) is 9.15. The van der Waals surface area contributed by atoms with E-state index in [1.165, 1.54) is 0 Å². The first-order valence-electron chi connectivity index (χ1n) is 12.6. The van der Waals surface area contributed by atoms with Crippen molar-refractivity contribution in [1.82, 2.24) is 19.9 Å².